The fourth-order valence-corrected chi connectivity index (χ4v) is 3.72. The molecule has 5 heteroatoms. The predicted octanol–water partition coefficient (Wildman–Crippen LogP) is 5.35. The van der Waals surface area contributed by atoms with Crippen LogP contribution in [0.25, 0.3) is 0 Å². The summed E-state index contributed by atoms with van der Waals surface area (Å²) in [5, 5.41) is 4.32. The number of halogens is 1. The summed E-state index contributed by atoms with van der Waals surface area (Å²) >= 11 is 5.06. The highest BCUT2D eigenvalue weighted by Gasteiger charge is 2.19. The highest BCUT2D eigenvalue weighted by atomic mass is 79.9. The van der Waals surface area contributed by atoms with E-state index in [-0.39, 0.29) is 16.5 Å². The second-order valence-corrected chi connectivity index (χ2v) is 9.76. The summed E-state index contributed by atoms with van der Waals surface area (Å²) < 4.78 is 2.10. The number of hydrogen-bond donors (Lipinski definition) is 0. The van der Waals surface area contributed by atoms with Gasteiger partial charge in [-0.2, -0.15) is 5.10 Å². The van der Waals surface area contributed by atoms with E-state index < -0.39 is 0 Å². The molecule has 1 aromatic carbocycles. The van der Waals surface area contributed by atoms with Crippen molar-refractivity contribution in [3.63, 3.8) is 0 Å². The zero-order valence-corrected chi connectivity index (χ0v) is 17.6. The standard InChI is InChI=1S/C19H25BrN2OS/c1-18(2,3)14-9-7-13(8-10-14)12-24-15-11-21-22(19(4,5)6)17(23)16(15)20/h7-11H,12H2,1-6H3. The van der Waals surface area contributed by atoms with E-state index >= 15 is 0 Å². The molecule has 0 fully saturated rings. The van der Waals surface area contributed by atoms with Crippen LogP contribution >= 0.6 is 27.7 Å². The molecule has 0 saturated carbocycles. The number of nitrogens with zero attached hydrogens (tertiary/aromatic N) is 2. The summed E-state index contributed by atoms with van der Waals surface area (Å²) in [4.78, 5) is 13.3. The fourth-order valence-electron chi connectivity index (χ4n) is 2.26. The van der Waals surface area contributed by atoms with Gasteiger partial charge >= 0.3 is 0 Å². The van der Waals surface area contributed by atoms with Crippen molar-refractivity contribution in [2.24, 2.45) is 0 Å². The first-order valence-corrected chi connectivity index (χ1v) is 9.78. The zero-order valence-electron chi connectivity index (χ0n) is 15.2. The zero-order chi connectivity index (χ0) is 18.1. The van der Waals surface area contributed by atoms with Crippen LogP contribution in [-0.2, 0) is 16.7 Å². The van der Waals surface area contributed by atoms with E-state index in [1.807, 2.05) is 20.8 Å². The lowest BCUT2D eigenvalue weighted by molar-refractivity contribution is 0.334. The summed E-state index contributed by atoms with van der Waals surface area (Å²) in [6.45, 7) is 12.5. The van der Waals surface area contributed by atoms with Gasteiger partial charge in [0, 0.05) is 10.6 Å². The lowest BCUT2D eigenvalue weighted by Crippen LogP contribution is -2.36. The molecular formula is C19H25BrN2OS. The second-order valence-electron chi connectivity index (χ2n) is 7.95. The van der Waals surface area contributed by atoms with Crippen LogP contribution in [0.3, 0.4) is 0 Å². The molecule has 130 valence electrons. The summed E-state index contributed by atoms with van der Waals surface area (Å²) in [5.74, 6) is 0.809. The molecule has 3 nitrogen and oxygen atoms in total. The third-order valence-electron chi connectivity index (χ3n) is 3.74. The molecule has 0 spiro atoms. The molecule has 0 bridgehead atoms. The lowest BCUT2D eigenvalue weighted by Gasteiger charge is -2.21. The molecule has 0 aliphatic heterocycles. The molecule has 0 amide bonds. The van der Waals surface area contributed by atoms with E-state index in [0.29, 0.717) is 4.47 Å². The van der Waals surface area contributed by atoms with Crippen LogP contribution in [-0.4, -0.2) is 9.78 Å². The minimum atomic E-state index is -0.328. The van der Waals surface area contributed by atoms with Gasteiger partial charge < -0.3 is 0 Å². The number of rotatable bonds is 3. The molecule has 24 heavy (non-hydrogen) atoms. The molecule has 1 heterocycles. The maximum absolute atomic E-state index is 12.4. The van der Waals surface area contributed by atoms with Gasteiger partial charge in [-0.3, -0.25) is 4.79 Å². The van der Waals surface area contributed by atoms with Crippen molar-refractivity contribution in [1.82, 2.24) is 9.78 Å². The first kappa shape index (κ1) is 19.3. The normalized spacial score (nSPS) is 12.5. The Balaban J connectivity index is 2.16. The molecule has 0 radical (unpaired) electrons. The summed E-state index contributed by atoms with van der Waals surface area (Å²) in [6, 6.07) is 8.68. The van der Waals surface area contributed by atoms with E-state index in [0.717, 1.165) is 10.6 Å². The molecule has 0 unspecified atom stereocenters. The lowest BCUT2D eigenvalue weighted by atomic mass is 9.87. The monoisotopic (exact) mass is 408 g/mol. The van der Waals surface area contributed by atoms with Crippen molar-refractivity contribution in [2.45, 2.75) is 63.1 Å². The molecule has 0 aliphatic carbocycles. The summed E-state index contributed by atoms with van der Waals surface area (Å²) in [6.07, 6.45) is 1.77. The molecule has 0 atom stereocenters. The van der Waals surface area contributed by atoms with Crippen molar-refractivity contribution in [3.05, 3.63) is 56.4 Å². The average Bonchev–Trinajstić information content (AvgIpc) is 2.47. The SMILES string of the molecule is CC(C)(C)c1ccc(CSc2cnn(C(C)(C)C)c(=O)c2Br)cc1. The Hall–Kier alpha value is -1.07. The largest absolute Gasteiger partial charge is 0.282 e. The number of thioether (sulfide) groups is 1. The van der Waals surface area contributed by atoms with Crippen LogP contribution in [0.4, 0.5) is 0 Å². The molecule has 2 aromatic rings. The van der Waals surface area contributed by atoms with Crippen LogP contribution in [0.1, 0.15) is 52.7 Å². The maximum Gasteiger partial charge on any atom is 0.282 e. The van der Waals surface area contributed by atoms with Gasteiger partial charge in [-0.25, -0.2) is 4.68 Å². The third kappa shape index (κ3) is 4.51. The minimum absolute atomic E-state index is 0.0874. The van der Waals surface area contributed by atoms with Crippen molar-refractivity contribution in [2.75, 3.05) is 0 Å². The van der Waals surface area contributed by atoms with Crippen LogP contribution < -0.4 is 5.56 Å². The van der Waals surface area contributed by atoms with Gasteiger partial charge in [0.15, 0.2) is 0 Å². The van der Waals surface area contributed by atoms with Gasteiger partial charge in [0.25, 0.3) is 5.56 Å². The van der Waals surface area contributed by atoms with Gasteiger partial charge in [-0.15, -0.1) is 11.8 Å². The third-order valence-corrected chi connectivity index (χ3v) is 5.86. The quantitative estimate of drug-likeness (QED) is 0.641. The second kappa shape index (κ2) is 7.04. The van der Waals surface area contributed by atoms with E-state index in [2.05, 4.69) is 66.1 Å². The van der Waals surface area contributed by atoms with Crippen LogP contribution in [0.15, 0.2) is 44.6 Å². The van der Waals surface area contributed by atoms with Gasteiger partial charge in [0.2, 0.25) is 0 Å². The van der Waals surface area contributed by atoms with Crippen molar-refractivity contribution < 1.29 is 0 Å². The minimum Gasteiger partial charge on any atom is -0.266 e. The van der Waals surface area contributed by atoms with E-state index in [1.54, 1.807) is 18.0 Å². The Morgan fingerprint density at radius 3 is 2.17 bits per heavy atom. The summed E-state index contributed by atoms with van der Waals surface area (Å²) in [5.41, 5.74) is 2.31. The molecule has 0 aliphatic rings. The first-order valence-electron chi connectivity index (χ1n) is 8.00. The van der Waals surface area contributed by atoms with Crippen LogP contribution in [0, 0.1) is 0 Å². The summed E-state index contributed by atoms with van der Waals surface area (Å²) in [7, 11) is 0. The van der Waals surface area contributed by atoms with Gasteiger partial charge in [-0.05, 0) is 53.2 Å². The Morgan fingerprint density at radius 1 is 1.08 bits per heavy atom. The Kier molecular flexibility index (Phi) is 5.65. The first-order chi connectivity index (χ1) is 11.0. The van der Waals surface area contributed by atoms with Crippen molar-refractivity contribution >= 4 is 27.7 Å². The van der Waals surface area contributed by atoms with E-state index in [4.69, 9.17) is 0 Å². The topological polar surface area (TPSA) is 34.9 Å². The average molecular weight is 409 g/mol. The number of benzene rings is 1. The molecule has 1 aromatic heterocycles. The number of aromatic nitrogens is 2. The highest BCUT2D eigenvalue weighted by molar-refractivity contribution is 9.10. The maximum atomic E-state index is 12.4. The van der Waals surface area contributed by atoms with E-state index in [9.17, 15) is 4.79 Å². The Bertz CT molecular complexity index is 768. The van der Waals surface area contributed by atoms with Crippen LogP contribution in [0.2, 0.25) is 0 Å². The molecule has 2 rings (SSSR count). The molecular weight excluding hydrogens is 384 g/mol. The fraction of sp³-hybridized carbons (Fsp3) is 0.474. The van der Waals surface area contributed by atoms with Gasteiger partial charge in [0.1, 0.15) is 0 Å². The Labute approximate surface area is 157 Å². The molecule has 0 saturated heterocycles. The highest BCUT2D eigenvalue weighted by Crippen LogP contribution is 2.29. The van der Waals surface area contributed by atoms with Crippen molar-refractivity contribution in [3.8, 4) is 0 Å². The number of hydrogen-bond acceptors (Lipinski definition) is 3. The van der Waals surface area contributed by atoms with Crippen LogP contribution in [0.5, 0.6) is 0 Å². The van der Waals surface area contributed by atoms with E-state index in [1.165, 1.54) is 15.8 Å². The van der Waals surface area contributed by atoms with Gasteiger partial charge in [0.05, 0.1) is 16.2 Å². The van der Waals surface area contributed by atoms with Crippen molar-refractivity contribution in [1.29, 1.82) is 0 Å². The van der Waals surface area contributed by atoms with Gasteiger partial charge in [-0.1, -0.05) is 45.0 Å². The smallest absolute Gasteiger partial charge is 0.266 e. The Morgan fingerprint density at radius 2 is 1.67 bits per heavy atom. The molecule has 0 N–H and O–H groups in total. The predicted molar refractivity (Wildman–Crippen MR) is 106 cm³/mol.